The van der Waals surface area contributed by atoms with E-state index in [0.29, 0.717) is 0 Å². The monoisotopic (exact) mass is 269 g/mol. The Hall–Kier alpha value is -0.640. The number of aryl methyl sites for hydroxylation is 1. The van der Waals surface area contributed by atoms with Crippen LogP contribution in [0, 0.1) is 0 Å². The molecule has 0 radical (unpaired) electrons. The van der Waals surface area contributed by atoms with Gasteiger partial charge in [-0.1, -0.05) is 11.6 Å². The van der Waals surface area contributed by atoms with Crippen LogP contribution in [0.4, 0.5) is 5.69 Å². The summed E-state index contributed by atoms with van der Waals surface area (Å²) in [5, 5.41) is 5.07. The number of benzene rings is 1. The zero-order valence-corrected chi connectivity index (χ0v) is 11.0. The number of thiophene rings is 1. The second kappa shape index (κ2) is 5.62. The number of nitrogen functional groups attached to an aromatic ring is 1. The fourth-order valence-electron chi connectivity index (χ4n) is 1.34. The molecule has 0 amide bonds. The predicted molar refractivity (Wildman–Crippen MR) is 74.6 cm³/mol. The molecule has 1 aromatic heterocycles. The molecule has 1 heterocycles. The lowest BCUT2D eigenvalue weighted by Gasteiger charge is -2.04. The smallest absolute Gasteiger partial charge is 0.0543 e. The van der Waals surface area contributed by atoms with Gasteiger partial charge in [0.05, 0.1) is 5.02 Å². The molecule has 2 N–H and O–H groups in total. The Morgan fingerprint density at radius 2 is 2.19 bits per heavy atom. The Kier molecular flexibility index (Phi) is 4.16. The quantitative estimate of drug-likeness (QED) is 0.661. The molecule has 0 aliphatic carbocycles. The number of thioether (sulfide) groups is 1. The summed E-state index contributed by atoms with van der Waals surface area (Å²) in [5.74, 6) is 1.03. The molecule has 1 nitrogen and oxygen atoms in total. The molecule has 0 bridgehead atoms. The van der Waals surface area contributed by atoms with Gasteiger partial charge in [0, 0.05) is 16.3 Å². The maximum atomic E-state index is 6.08. The van der Waals surface area contributed by atoms with Crippen molar-refractivity contribution in [2.75, 3.05) is 11.5 Å². The molecular formula is C12H12ClNS2. The van der Waals surface area contributed by atoms with Crippen LogP contribution in [-0.4, -0.2) is 5.75 Å². The molecule has 2 aromatic rings. The van der Waals surface area contributed by atoms with E-state index in [1.54, 1.807) is 23.1 Å². The van der Waals surface area contributed by atoms with Crippen molar-refractivity contribution in [2.24, 2.45) is 0 Å². The van der Waals surface area contributed by atoms with Crippen LogP contribution in [0.25, 0.3) is 0 Å². The summed E-state index contributed by atoms with van der Waals surface area (Å²) < 4.78 is 0. The van der Waals surface area contributed by atoms with Crippen molar-refractivity contribution in [1.29, 1.82) is 0 Å². The van der Waals surface area contributed by atoms with E-state index in [1.165, 1.54) is 5.56 Å². The summed E-state index contributed by atoms with van der Waals surface area (Å²) in [5.41, 5.74) is 7.88. The lowest BCUT2D eigenvalue weighted by Crippen LogP contribution is -1.88. The van der Waals surface area contributed by atoms with Crippen LogP contribution in [-0.2, 0) is 6.42 Å². The highest BCUT2D eigenvalue weighted by Crippen LogP contribution is 2.29. The summed E-state index contributed by atoms with van der Waals surface area (Å²) in [7, 11) is 0. The average Bonchev–Trinajstić information content (AvgIpc) is 2.76. The van der Waals surface area contributed by atoms with Crippen molar-refractivity contribution in [3.05, 3.63) is 45.6 Å². The fourth-order valence-corrected chi connectivity index (χ4v) is 3.31. The van der Waals surface area contributed by atoms with Gasteiger partial charge in [0.25, 0.3) is 0 Å². The minimum absolute atomic E-state index is 0.766. The standard InChI is InChI=1S/C12H12ClNS2/c13-11-2-1-10(14)7-12(11)16-6-4-9-3-5-15-8-9/h1-3,5,7-8H,4,6,14H2. The van der Waals surface area contributed by atoms with Crippen molar-refractivity contribution >= 4 is 40.4 Å². The third-order valence-electron chi connectivity index (χ3n) is 2.18. The zero-order valence-electron chi connectivity index (χ0n) is 8.65. The van der Waals surface area contributed by atoms with Crippen LogP contribution in [0.1, 0.15) is 5.56 Å². The average molecular weight is 270 g/mol. The summed E-state index contributed by atoms with van der Waals surface area (Å²) in [4.78, 5) is 1.07. The Morgan fingerprint density at radius 3 is 2.94 bits per heavy atom. The molecule has 0 atom stereocenters. The van der Waals surface area contributed by atoms with Crippen molar-refractivity contribution in [3.8, 4) is 0 Å². The highest BCUT2D eigenvalue weighted by molar-refractivity contribution is 7.99. The summed E-state index contributed by atoms with van der Waals surface area (Å²) in [6.07, 6.45) is 1.07. The van der Waals surface area contributed by atoms with E-state index >= 15 is 0 Å². The molecule has 4 heteroatoms. The van der Waals surface area contributed by atoms with E-state index < -0.39 is 0 Å². The van der Waals surface area contributed by atoms with Gasteiger partial charge in [0.15, 0.2) is 0 Å². The number of anilines is 1. The molecule has 0 spiro atoms. The molecule has 1 aromatic carbocycles. The number of hydrogen-bond acceptors (Lipinski definition) is 3. The maximum absolute atomic E-state index is 6.08. The molecule has 84 valence electrons. The number of halogens is 1. The van der Waals surface area contributed by atoms with Gasteiger partial charge in [0.1, 0.15) is 0 Å². The summed E-state index contributed by atoms with van der Waals surface area (Å²) in [6.45, 7) is 0. The highest BCUT2D eigenvalue weighted by Gasteiger charge is 2.02. The molecule has 0 aliphatic rings. The predicted octanol–water partition coefficient (Wildman–Crippen LogP) is 4.32. The first-order valence-electron chi connectivity index (χ1n) is 4.94. The van der Waals surface area contributed by atoms with Crippen molar-refractivity contribution in [3.63, 3.8) is 0 Å². The zero-order chi connectivity index (χ0) is 11.4. The van der Waals surface area contributed by atoms with Crippen molar-refractivity contribution in [1.82, 2.24) is 0 Å². The Bertz CT molecular complexity index is 454. The van der Waals surface area contributed by atoms with Gasteiger partial charge in [-0.25, -0.2) is 0 Å². The number of nitrogens with two attached hydrogens (primary N) is 1. The normalized spacial score (nSPS) is 10.6. The summed E-state index contributed by atoms with van der Waals surface area (Å²) >= 11 is 9.57. The third-order valence-corrected chi connectivity index (χ3v) is 4.41. The molecule has 0 saturated heterocycles. The number of hydrogen-bond donors (Lipinski definition) is 1. The molecular weight excluding hydrogens is 258 g/mol. The molecule has 0 saturated carbocycles. The van der Waals surface area contributed by atoms with Crippen LogP contribution in [0.15, 0.2) is 39.9 Å². The van der Waals surface area contributed by atoms with Crippen molar-refractivity contribution in [2.45, 2.75) is 11.3 Å². The maximum Gasteiger partial charge on any atom is 0.0543 e. The topological polar surface area (TPSA) is 26.0 Å². The summed E-state index contributed by atoms with van der Waals surface area (Å²) in [6, 6.07) is 7.77. The largest absolute Gasteiger partial charge is 0.399 e. The van der Waals surface area contributed by atoms with Gasteiger partial charge >= 0.3 is 0 Å². The van der Waals surface area contributed by atoms with E-state index in [2.05, 4.69) is 16.8 Å². The molecule has 16 heavy (non-hydrogen) atoms. The lowest BCUT2D eigenvalue weighted by atomic mass is 10.3. The van der Waals surface area contributed by atoms with E-state index in [1.807, 2.05) is 18.2 Å². The van der Waals surface area contributed by atoms with Crippen LogP contribution in [0.5, 0.6) is 0 Å². The third kappa shape index (κ3) is 3.17. The SMILES string of the molecule is Nc1ccc(Cl)c(SCCc2ccsc2)c1. The Labute approximate surface area is 109 Å². The van der Waals surface area contributed by atoms with Gasteiger partial charge in [-0.15, -0.1) is 11.8 Å². The van der Waals surface area contributed by atoms with Crippen molar-refractivity contribution < 1.29 is 0 Å². The highest BCUT2D eigenvalue weighted by atomic mass is 35.5. The van der Waals surface area contributed by atoms with Crippen LogP contribution in [0.2, 0.25) is 5.02 Å². The van der Waals surface area contributed by atoms with E-state index in [9.17, 15) is 0 Å². The minimum atomic E-state index is 0.766. The Balaban J connectivity index is 1.92. The van der Waals surface area contributed by atoms with Crippen LogP contribution < -0.4 is 5.73 Å². The Morgan fingerprint density at radius 1 is 1.31 bits per heavy atom. The first-order chi connectivity index (χ1) is 7.75. The molecule has 2 rings (SSSR count). The minimum Gasteiger partial charge on any atom is -0.399 e. The second-order valence-electron chi connectivity index (χ2n) is 3.42. The van der Waals surface area contributed by atoms with Gasteiger partial charge in [0.2, 0.25) is 0 Å². The van der Waals surface area contributed by atoms with E-state index in [-0.39, 0.29) is 0 Å². The van der Waals surface area contributed by atoms with Gasteiger partial charge in [-0.3, -0.25) is 0 Å². The lowest BCUT2D eigenvalue weighted by molar-refractivity contribution is 1.17. The van der Waals surface area contributed by atoms with Gasteiger partial charge in [-0.05, 0) is 47.0 Å². The first kappa shape index (κ1) is 11.8. The fraction of sp³-hybridized carbons (Fsp3) is 0.167. The van der Waals surface area contributed by atoms with E-state index in [0.717, 1.165) is 27.8 Å². The van der Waals surface area contributed by atoms with E-state index in [4.69, 9.17) is 17.3 Å². The first-order valence-corrected chi connectivity index (χ1v) is 7.25. The molecule has 0 unspecified atom stereocenters. The second-order valence-corrected chi connectivity index (χ2v) is 5.74. The van der Waals surface area contributed by atoms with Gasteiger partial charge < -0.3 is 5.73 Å². The van der Waals surface area contributed by atoms with Gasteiger partial charge in [-0.2, -0.15) is 11.3 Å². The van der Waals surface area contributed by atoms with Crippen LogP contribution >= 0.6 is 34.7 Å². The molecule has 0 fully saturated rings. The number of rotatable bonds is 4. The molecule has 0 aliphatic heterocycles. The van der Waals surface area contributed by atoms with Crippen LogP contribution in [0.3, 0.4) is 0 Å².